The zero-order valence-corrected chi connectivity index (χ0v) is 14.6. The zero-order valence-electron chi connectivity index (χ0n) is 14.6. The van der Waals surface area contributed by atoms with E-state index in [1.807, 2.05) is 11.9 Å². The molecule has 5 nitrogen and oxygen atoms in total. The summed E-state index contributed by atoms with van der Waals surface area (Å²) in [5.41, 5.74) is 10.0. The highest BCUT2D eigenvalue weighted by Crippen LogP contribution is 2.24. The summed E-state index contributed by atoms with van der Waals surface area (Å²) in [7, 11) is 1.90. The van der Waals surface area contributed by atoms with Crippen molar-refractivity contribution < 1.29 is 9.53 Å². The highest BCUT2D eigenvalue weighted by Gasteiger charge is 2.11. The van der Waals surface area contributed by atoms with Gasteiger partial charge in [0.25, 0.3) is 0 Å². The topological polar surface area (TPSA) is 58.8 Å². The number of carbonyl (C=O) groups is 1. The standard InChI is InChI=1S/C20H25N3O2/c1-22(15-20(21)24)14-16-3-2-4-18(13-16)17-5-7-19(8-6-17)23-9-11-25-12-10-23/h2-8,13H,9-12,14-15H2,1H3,(H2,21,24). The van der Waals surface area contributed by atoms with E-state index >= 15 is 0 Å². The van der Waals surface area contributed by atoms with Gasteiger partial charge in [-0.3, -0.25) is 9.69 Å². The van der Waals surface area contributed by atoms with Crippen LogP contribution in [0, 0.1) is 0 Å². The molecule has 0 spiro atoms. The molecule has 2 aromatic carbocycles. The molecule has 2 N–H and O–H groups in total. The third kappa shape index (κ3) is 4.81. The largest absolute Gasteiger partial charge is 0.378 e. The van der Waals surface area contributed by atoms with Crippen molar-refractivity contribution in [1.82, 2.24) is 4.90 Å². The number of amides is 1. The maximum Gasteiger partial charge on any atom is 0.231 e. The van der Waals surface area contributed by atoms with Gasteiger partial charge in [-0.2, -0.15) is 0 Å². The van der Waals surface area contributed by atoms with E-state index in [-0.39, 0.29) is 12.5 Å². The van der Waals surface area contributed by atoms with Gasteiger partial charge in [-0.15, -0.1) is 0 Å². The maximum absolute atomic E-state index is 11.0. The minimum Gasteiger partial charge on any atom is -0.378 e. The highest BCUT2D eigenvalue weighted by atomic mass is 16.5. The van der Waals surface area contributed by atoms with Gasteiger partial charge in [0.1, 0.15) is 0 Å². The number of carbonyl (C=O) groups excluding carboxylic acids is 1. The molecule has 1 aliphatic rings. The molecule has 2 aromatic rings. The van der Waals surface area contributed by atoms with Gasteiger partial charge < -0.3 is 15.4 Å². The van der Waals surface area contributed by atoms with Crippen molar-refractivity contribution in [2.75, 3.05) is 44.8 Å². The molecular weight excluding hydrogens is 314 g/mol. The molecule has 1 amide bonds. The molecule has 1 saturated heterocycles. The predicted molar refractivity (Wildman–Crippen MR) is 100 cm³/mol. The lowest BCUT2D eigenvalue weighted by Gasteiger charge is -2.29. The highest BCUT2D eigenvalue weighted by molar-refractivity contribution is 5.75. The Bertz CT molecular complexity index is 709. The van der Waals surface area contributed by atoms with Crippen molar-refractivity contribution in [3.05, 3.63) is 54.1 Å². The van der Waals surface area contributed by atoms with E-state index in [2.05, 4.69) is 53.4 Å². The number of likely N-dealkylation sites (N-methyl/N-ethyl adjacent to an activating group) is 1. The Hall–Kier alpha value is -2.37. The number of morpholine rings is 1. The van der Waals surface area contributed by atoms with Crippen LogP contribution in [0.2, 0.25) is 0 Å². The first-order valence-corrected chi connectivity index (χ1v) is 8.61. The molecule has 1 heterocycles. The van der Waals surface area contributed by atoms with Gasteiger partial charge in [-0.25, -0.2) is 0 Å². The quantitative estimate of drug-likeness (QED) is 0.876. The number of nitrogens with two attached hydrogens (primary N) is 1. The van der Waals surface area contributed by atoms with Crippen LogP contribution in [0.25, 0.3) is 11.1 Å². The second-order valence-corrected chi connectivity index (χ2v) is 6.49. The van der Waals surface area contributed by atoms with Gasteiger partial charge in [0.2, 0.25) is 5.91 Å². The van der Waals surface area contributed by atoms with Gasteiger partial charge in [-0.05, 0) is 41.9 Å². The van der Waals surface area contributed by atoms with Gasteiger partial charge in [0.15, 0.2) is 0 Å². The van der Waals surface area contributed by atoms with Crippen LogP contribution in [0.1, 0.15) is 5.56 Å². The zero-order chi connectivity index (χ0) is 17.6. The van der Waals surface area contributed by atoms with Crippen molar-refractivity contribution in [3.63, 3.8) is 0 Å². The predicted octanol–water partition coefficient (Wildman–Crippen LogP) is 2.11. The third-order valence-corrected chi connectivity index (χ3v) is 4.38. The van der Waals surface area contributed by atoms with Crippen LogP contribution in [0.15, 0.2) is 48.5 Å². The van der Waals surface area contributed by atoms with E-state index in [1.165, 1.54) is 22.4 Å². The van der Waals surface area contributed by atoms with Crippen LogP contribution < -0.4 is 10.6 Å². The summed E-state index contributed by atoms with van der Waals surface area (Å²) in [6, 6.07) is 17.1. The molecule has 0 atom stereocenters. The first kappa shape index (κ1) is 17.5. The fourth-order valence-corrected chi connectivity index (χ4v) is 3.17. The number of ether oxygens (including phenoxy) is 1. The lowest BCUT2D eigenvalue weighted by Crippen LogP contribution is -2.36. The minimum absolute atomic E-state index is 0.262. The van der Waals surface area contributed by atoms with Gasteiger partial charge >= 0.3 is 0 Å². The second kappa shape index (κ2) is 8.14. The smallest absolute Gasteiger partial charge is 0.231 e. The first-order chi connectivity index (χ1) is 12.1. The fraction of sp³-hybridized carbons (Fsp3) is 0.350. The SMILES string of the molecule is CN(CC(N)=O)Cc1cccc(-c2ccc(N3CCOCC3)cc2)c1. The van der Waals surface area contributed by atoms with E-state index in [4.69, 9.17) is 10.5 Å². The fourth-order valence-electron chi connectivity index (χ4n) is 3.17. The first-order valence-electron chi connectivity index (χ1n) is 8.61. The molecule has 5 heteroatoms. The van der Waals surface area contributed by atoms with Crippen LogP contribution in [-0.4, -0.2) is 50.7 Å². The molecule has 0 bridgehead atoms. The lowest BCUT2D eigenvalue weighted by atomic mass is 10.0. The average Bonchev–Trinajstić information content (AvgIpc) is 2.62. The Labute approximate surface area is 149 Å². The van der Waals surface area contributed by atoms with Crippen LogP contribution in [0.5, 0.6) is 0 Å². The third-order valence-electron chi connectivity index (χ3n) is 4.38. The summed E-state index contributed by atoms with van der Waals surface area (Å²) in [5.74, 6) is -0.308. The average molecular weight is 339 g/mol. The number of hydrogen-bond acceptors (Lipinski definition) is 4. The van der Waals surface area contributed by atoms with E-state index in [0.29, 0.717) is 6.54 Å². The molecule has 0 radical (unpaired) electrons. The molecule has 1 aliphatic heterocycles. The summed E-state index contributed by atoms with van der Waals surface area (Å²) in [4.78, 5) is 15.3. The Balaban J connectivity index is 1.71. The Morgan fingerprint density at radius 2 is 1.84 bits per heavy atom. The number of primary amides is 1. The Kier molecular flexibility index (Phi) is 5.68. The normalized spacial score (nSPS) is 14.7. The number of benzene rings is 2. The molecule has 25 heavy (non-hydrogen) atoms. The summed E-state index contributed by atoms with van der Waals surface area (Å²) in [5, 5.41) is 0. The molecular formula is C20H25N3O2. The Morgan fingerprint density at radius 1 is 1.12 bits per heavy atom. The molecule has 0 unspecified atom stereocenters. The van der Waals surface area contributed by atoms with Crippen molar-refractivity contribution in [2.24, 2.45) is 5.73 Å². The summed E-state index contributed by atoms with van der Waals surface area (Å²) >= 11 is 0. The number of hydrogen-bond donors (Lipinski definition) is 1. The monoisotopic (exact) mass is 339 g/mol. The summed E-state index contributed by atoms with van der Waals surface area (Å²) < 4.78 is 5.41. The molecule has 132 valence electrons. The van der Waals surface area contributed by atoms with E-state index in [1.54, 1.807) is 0 Å². The van der Waals surface area contributed by atoms with Gasteiger partial charge in [0.05, 0.1) is 19.8 Å². The molecule has 3 rings (SSSR count). The number of anilines is 1. The van der Waals surface area contributed by atoms with Crippen molar-refractivity contribution in [2.45, 2.75) is 6.54 Å². The maximum atomic E-state index is 11.0. The van der Waals surface area contributed by atoms with E-state index in [0.717, 1.165) is 26.3 Å². The van der Waals surface area contributed by atoms with Crippen molar-refractivity contribution in [1.29, 1.82) is 0 Å². The second-order valence-electron chi connectivity index (χ2n) is 6.49. The van der Waals surface area contributed by atoms with E-state index in [9.17, 15) is 4.79 Å². The van der Waals surface area contributed by atoms with Crippen LogP contribution in [0.3, 0.4) is 0 Å². The minimum atomic E-state index is -0.308. The van der Waals surface area contributed by atoms with Crippen LogP contribution in [-0.2, 0) is 16.1 Å². The molecule has 1 fully saturated rings. The van der Waals surface area contributed by atoms with Crippen LogP contribution in [0.4, 0.5) is 5.69 Å². The molecule has 0 aliphatic carbocycles. The summed E-state index contributed by atoms with van der Waals surface area (Å²) in [6.07, 6.45) is 0. The lowest BCUT2D eigenvalue weighted by molar-refractivity contribution is -0.118. The van der Waals surface area contributed by atoms with E-state index < -0.39 is 0 Å². The molecule has 0 aromatic heterocycles. The Morgan fingerprint density at radius 3 is 2.52 bits per heavy atom. The number of nitrogens with zero attached hydrogens (tertiary/aromatic N) is 2. The van der Waals surface area contributed by atoms with Gasteiger partial charge in [0, 0.05) is 25.3 Å². The van der Waals surface area contributed by atoms with Crippen molar-refractivity contribution in [3.8, 4) is 11.1 Å². The number of rotatable bonds is 6. The molecule has 0 saturated carbocycles. The van der Waals surface area contributed by atoms with Crippen LogP contribution >= 0.6 is 0 Å². The van der Waals surface area contributed by atoms with Gasteiger partial charge in [-0.1, -0.05) is 30.3 Å². The van der Waals surface area contributed by atoms with Crippen molar-refractivity contribution >= 4 is 11.6 Å². The summed E-state index contributed by atoms with van der Waals surface area (Å²) in [6.45, 7) is 4.44.